The predicted octanol–water partition coefficient (Wildman–Crippen LogP) is -0.0364. The van der Waals surface area contributed by atoms with Crippen molar-refractivity contribution in [2.75, 3.05) is 20.2 Å². The number of piperidine rings is 1. The van der Waals surface area contributed by atoms with Gasteiger partial charge in [-0.2, -0.15) is 0 Å². The van der Waals surface area contributed by atoms with Crippen molar-refractivity contribution in [2.24, 2.45) is 12.8 Å². The molecule has 1 saturated heterocycles. The molecule has 6 heteroatoms. The lowest BCUT2D eigenvalue weighted by atomic mass is 9.98. The van der Waals surface area contributed by atoms with Crippen LogP contribution in [0.1, 0.15) is 23.2 Å². The van der Waals surface area contributed by atoms with Crippen molar-refractivity contribution in [2.45, 2.75) is 25.0 Å². The van der Waals surface area contributed by atoms with Crippen molar-refractivity contribution in [1.29, 1.82) is 0 Å². The number of methoxy groups -OCH3 is 1. The molecule has 1 aromatic heterocycles. The minimum Gasteiger partial charge on any atom is -0.381 e. The Morgan fingerprint density at radius 1 is 1.55 bits per heavy atom. The van der Waals surface area contributed by atoms with Gasteiger partial charge in [-0.1, -0.05) is 0 Å². The molecule has 2 rings (SSSR count). The number of hydrogen-bond acceptors (Lipinski definition) is 4. The van der Waals surface area contributed by atoms with Gasteiger partial charge >= 0.3 is 0 Å². The molecule has 2 N–H and O–H groups in total. The number of pyridine rings is 1. The zero-order valence-corrected chi connectivity index (χ0v) is 11.9. The van der Waals surface area contributed by atoms with Gasteiger partial charge < -0.3 is 19.9 Å². The van der Waals surface area contributed by atoms with E-state index in [4.69, 9.17) is 10.5 Å². The summed E-state index contributed by atoms with van der Waals surface area (Å²) in [6, 6.07) is 3.00. The van der Waals surface area contributed by atoms with Gasteiger partial charge in [-0.05, 0) is 18.9 Å². The molecule has 1 aliphatic heterocycles. The number of nitrogens with two attached hydrogens (primary N) is 1. The average Bonchev–Trinajstić information content (AvgIpc) is 2.48. The molecule has 1 aromatic rings. The number of ether oxygens (including phenoxy) is 1. The fourth-order valence-corrected chi connectivity index (χ4v) is 2.57. The molecule has 6 nitrogen and oxygen atoms in total. The smallest absolute Gasteiger partial charge is 0.254 e. The number of carbonyl (C=O) groups is 1. The predicted molar refractivity (Wildman–Crippen MR) is 75.6 cm³/mol. The highest BCUT2D eigenvalue weighted by Gasteiger charge is 2.31. The Morgan fingerprint density at radius 2 is 2.30 bits per heavy atom. The van der Waals surface area contributed by atoms with Gasteiger partial charge in [-0.15, -0.1) is 0 Å². The van der Waals surface area contributed by atoms with Gasteiger partial charge in [0.1, 0.15) is 0 Å². The molecule has 2 unspecified atom stereocenters. The van der Waals surface area contributed by atoms with Crippen molar-refractivity contribution >= 4 is 5.91 Å². The van der Waals surface area contributed by atoms with Crippen LogP contribution in [-0.2, 0) is 11.8 Å². The first-order valence-electron chi connectivity index (χ1n) is 6.77. The second-order valence-corrected chi connectivity index (χ2v) is 5.13. The molecular formula is C14H21N3O3. The summed E-state index contributed by atoms with van der Waals surface area (Å²) in [7, 11) is 3.33. The maximum Gasteiger partial charge on any atom is 0.254 e. The third kappa shape index (κ3) is 2.91. The van der Waals surface area contributed by atoms with Crippen LogP contribution in [0.2, 0.25) is 0 Å². The first-order chi connectivity index (χ1) is 9.56. The van der Waals surface area contributed by atoms with E-state index in [-0.39, 0.29) is 23.6 Å². The van der Waals surface area contributed by atoms with Crippen molar-refractivity contribution in [3.63, 3.8) is 0 Å². The minimum atomic E-state index is -0.188. The van der Waals surface area contributed by atoms with Crippen LogP contribution >= 0.6 is 0 Å². The zero-order valence-electron chi connectivity index (χ0n) is 11.9. The van der Waals surface area contributed by atoms with Crippen LogP contribution in [0.4, 0.5) is 0 Å². The number of carbonyl (C=O) groups excluding carboxylic acids is 1. The Labute approximate surface area is 118 Å². The third-order valence-electron chi connectivity index (χ3n) is 3.89. The quantitative estimate of drug-likeness (QED) is 0.842. The van der Waals surface area contributed by atoms with Gasteiger partial charge in [0.15, 0.2) is 0 Å². The first kappa shape index (κ1) is 14.7. The topological polar surface area (TPSA) is 77.6 Å². The molecule has 0 saturated carbocycles. The number of aromatic nitrogens is 1. The highest BCUT2D eigenvalue weighted by Crippen LogP contribution is 2.21. The standard InChI is InChI=1S/C14H21N3O3/c1-16-5-3-10(7-13(16)18)14(19)17-6-4-12(20-2)8-11(17)9-15/h3,5,7,11-12H,4,6,8-9,15H2,1-2H3. The molecule has 110 valence electrons. The van der Waals surface area contributed by atoms with Gasteiger partial charge in [0.2, 0.25) is 0 Å². The second kappa shape index (κ2) is 6.19. The summed E-state index contributed by atoms with van der Waals surface area (Å²) in [5.74, 6) is -0.132. The van der Waals surface area contributed by atoms with Gasteiger partial charge in [0.25, 0.3) is 11.5 Å². The summed E-state index contributed by atoms with van der Waals surface area (Å²) in [5.41, 5.74) is 6.00. The lowest BCUT2D eigenvalue weighted by Gasteiger charge is -2.38. The molecule has 2 heterocycles. The van der Waals surface area contributed by atoms with Crippen LogP contribution < -0.4 is 11.3 Å². The number of amides is 1. The first-order valence-corrected chi connectivity index (χ1v) is 6.77. The molecule has 0 radical (unpaired) electrons. The van der Waals surface area contributed by atoms with E-state index in [2.05, 4.69) is 0 Å². The van der Waals surface area contributed by atoms with E-state index in [0.717, 1.165) is 12.8 Å². The number of likely N-dealkylation sites (tertiary alicyclic amines) is 1. The lowest BCUT2D eigenvalue weighted by molar-refractivity contribution is 0.0139. The largest absolute Gasteiger partial charge is 0.381 e. The molecule has 20 heavy (non-hydrogen) atoms. The summed E-state index contributed by atoms with van der Waals surface area (Å²) in [5, 5.41) is 0. The van der Waals surface area contributed by atoms with Gasteiger partial charge in [-0.25, -0.2) is 0 Å². The van der Waals surface area contributed by atoms with E-state index in [9.17, 15) is 9.59 Å². The van der Waals surface area contributed by atoms with Crippen molar-refractivity contribution < 1.29 is 9.53 Å². The lowest BCUT2D eigenvalue weighted by Crippen LogP contribution is -2.51. The van der Waals surface area contributed by atoms with E-state index < -0.39 is 0 Å². The summed E-state index contributed by atoms with van der Waals surface area (Å²) in [6.45, 7) is 1.00. The second-order valence-electron chi connectivity index (χ2n) is 5.13. The van der Waals surface area contributed by atoms with Gasteiger partial charge in [-0.3, -0.25) is 9.59 Å². The van der Waals surface area contributed by atoms with E-state index >= 15 is 0 Å². The Bertz CT molecular complexity index is 541. The van der Waals surface area contributed by atoms with E-state index in [1.165, 1.54) is 10.6 Å². The number of hydrogen-bond donors (Lipinski definition) is 1. The van der Waals surface area contributed by atoms with Crippen molar-refractivity contribution in [3.05, 3.63) is 34.2 Å². The molecule has 0 aromatic carbocycles. The van der Waals surface area contributed by atoms with Crippen LogP contribution in [0.15, 0.2) is 23.1 Å². The van der Waals surface area contributed by atoms with E-state index in [0.29, 0.717) is 18.7 Å². The fourth-order valence-electron chi connectivity index (χ4n) is 2.57. The molecule has 1 aliphatic rings. The third-order valence-corrected chi connectivity index (χ3v) is 3.89. The highest BCUT2D eigenvalue weighted by atomic mass is 16.5. The Hall–Kier alpha value is -1.66. The highest BCUT2D eigenvalue weighted by molar-refractivity contribution is 5.94. The maximum absolute atomic E-state index is 12.5. The summed E-state index contributed by atoms with van der Waals surface area (Å²) >= 11 is 0. The van der Waals surface area contributed by atoms with Crippen LogP contribution in [0.25, 0.3) is 0 Å². The van der Waals surface area contributed by atoms with Crippen LogP contribution in [0.5, 0.6) is 0 Å². The van der Waals surface area contributed by atoms with Crippen LogP contribution in [-0.4, -0.2) is 47.7 Å². The summed E-state index contributed by atoms with van der Waals surface area (Å²) in [6.07, 6.45) is 3.29. The molecule has 1 amide bonds. The number of aryl methyl sites for hydroxylation is 1. The molecule has 0 spiro atoms. The fraction of sp³-hybridized carbons (Fsp3) is 0.571. The van der Waals surface area contributed by atoms with E-state index in [1.807, 2.05) is 0 Å². The van der Waals surface area contributed by atoms with Crippen molar-refractivity contribution in [3.8, 4) is 0 Å². The van der Waals surface area contributed by atoms with E-state index in [1.54, 1.807) is 31.3 Å². The number of rotatable bonds is 3. The Balaban J connectivity index is 2.19. The van der Waals surface area contributed by atoms with Gasteiger partial charge in [0, 0.05) is 51.1 Å². The normalized spacial score (nSPS) is 22.9. The zero-order chi connectivity index (χ0) is 14.7. The van der Waals surface area contributed by atoms with Crippen LogP contribution in [0, 0.1) is 0 Å². The minimum absolute atomic E-state index is 0.0368. The number of nitrogens with zero attached hydrogens (tertiary/aromatic N) is 2. The van der Waals surface area contributed by atoms with Crippen molar-refractivity contribution in [1.82, 2.24) is 9.47 Å². The van der Waals surface area contributed by atoms with Crippen LogP contribution in [0.3, 0.4) is 0 Å². The molecular weight excluding hydrogens is 258 g/mol. The molecule has 0 aliphatic carbocycles. The molecule has 2 atom stereocenters. The maximum atomic E-state index is 12.5. The Kier molecular flexibility index (Phi) is 4.57. The summed E-state index contributed by atoms with van der Waals surface area (Å²) < 4.78 is 6.78. The molecule has 0 bridgehead atoms. The van der Waals surface area contributed by atoms with Gasteiger partial charge in [0.05, 0.1) is 6.10 Å². The molecule has 1 fully saturated rings. The monoisotopic (exact) mass is 279 g/mol. The SMILES string of the molecule is COC1CCN(C(=O)c2ccn(C)c(=O)c2)C(CN)C1. The Morgan fingerprint density at radius 3 is 2.90 bits per heavy atom. The summed E-state index contributed by atoms with van der Waals surface area (Å²) in [4.78, 5) is 25.9. The average molecular weight is 279 g/mol.